The predicted molar refractivity (Wildman–Crippen MR) is 116 cm³/mol. The van der Waals surface area contributed by atoms with Gasteiger partial charge in [-0.1, -0.05) is 6.42 Å². The molecule has 0 saturated carbocycles. The molecular formula is C24H30N4O. The van der Waals surface area contributed by atoms with E-state index in [1.807, 2.05) is 12.1 Å². The molecule has 2 aromatic rings. The lowest BCUT2D eigenvalue weighted by Gasteiger charge is -2.34. The van der Waals surface area contributed by atoms with Crippen molar-refractivity contribution >= 4 is 22.4 Å². The predicted octanol–water partition coefficient (Wildman–Crippen LogP) is 4.16. The van der Waals surface area contributed by atoms with E-state index in [1.54, 1.807) is 6.20 Å². The number of carbonyl (C=O) groups excluding carboxylic acids is 1. The maximum atomic E-state index is 12.4. The molecule has 3 heterocycles. The molecule has 5 heteroatoms. The lowest BCUT2D eigenvalue weighted by atomic mass is 9.90. The van der Waals surface area contributed by atoms with Crippen molar-refractivity contribution in [2.45, 2.75) is 44.9 Å². The Balaban J connectivity index is 1.30. The van der Waals surface area contributed by atoms with Gasteiger partial charge in [0.1, 0.15) is 11.9 Å². The summed E-state index contributed by atoms with van der Waals surface area (Å²) in [5.41, 5.74) is 2.59. The van der Waals surface area contributed by atoms with E-state index in [0.29, 0.717) is 23.8 Å². The fourth-order valence-electron chi connectivity index (χ4n) is 4.80. The van der Waals surface area contributed by atoms with Crippen LogP contribution >= 0.6 is 0 Å². The number of rotatable bonds is 6. The maximum absolute atomic E-state index is 12.4. The normalized spacial score (nSPS) is 18.7. The summed E-state index contributed by atoms with van der Waals surface area (Å²) < 4.78 is 0. The van der Waals surface area contributed by atoms with Crippen LogP contribution in [0, 0.1) is 17.2 Å². The molecule has 0 spiro atoms. The van der Waals surface area contributed by atoms with Gasteiger partial charge in [-0.05, 0) is 75.4 Å². The quantitative estimate of drug-likeness (QED) is 0.741. The molecule has 2 aliphatic rings. The first-order chi connectivity index (χ1) is 14.2. The zero-order valence-corrected chi connectivity index (χ0v) is 17.1. The van der Waals surface area contributed by atoms with Gasteiger partial charge in [-0.2, -0.15) is 5.26 Å². The number of likely N-dealkylation sites (tertiary alicyclic amines) is 1. The Hall–Kier alpha value is -2.45. The van der Waals surface area contributed by atoms with Crippen molar-refractivity contribution in [3.8, 4) is 6.07 Å². The zero-order chi connectivity index (χ0) is 20.1. The van der Waals surface area contributed by atoms with Gasteiger partial charge in [-0.15, -0.1) is 0 Å². The fourth-order valence-corrected chi connectivity index (χ4v) is 4.80. The highest BCUT2D eigenvalue weighted by molar-refractivity contribution is 5.95. The Kier molecular flexibility index (Phi) is 6.41. The van der Waals surface area contributed by atoms with Crippen LogP contribution in [0.15, 0.2) is 30.5 Å². The minimum atomic E-state index is 0.415. The molecule has 0 bridgehead atoms. The summed E-state index contributed by atoms with van der Waals surface area (Å²) in [5, 5.41) is 10.4. The lowest BCUT2D eigenvalue weighted by Crippen LogP contribution is -2.35. The molecule has 152 valence electrons. The summed E-state index contributed by atoms with van der Waals surface area (Å²) in [5.74, 6) is 1.05. The number of carbonyl (C=O) groups is 1. The minimum absolute atomic E-state index is 0.415. The molecule has 0 amide bonds. The molecule has 5 nitrogen and oxygen atoms in total. The summed E-state index contributed by atoms with van der Waals surface area (Å²) in [6.45, 7) is 4.85. The van der Waals surface area contributed by atoms with Crippen molar-refractivity contribution < 1.29 is 4.79 Å². The molecule has 0 unspecified atom stereocenters. The van der Waals surface area contributed by atoms with E-state index in [-0.39, 0.29) is 0 Å². The highest BCUT2D eigenvalue weighted by Crippen LogP contribution is 2.32. The second-order valence-corrected chi connectivity index (χ2v) is 8.49. The van der Waals surface area contributed by atoms with Gasteiger partial charge in [-0.25, -0.2) is 0 Å². The molecule has 1 aromatic carbocycles. The largest absolute Gasteiger partial charge is 0.371 e. The Morgan fingerprint density at radius 2 is 1.90 bits per heavy atom. The van der Waals surface area contributed by atoms with Crippen molar-refractivity contribution in [2.24, 2.45) is 5.92 Å². The van der Waals surface area contributed by atoms with Gasteiger partial charge in [0, 0.05) is 36.8 Å². The number of aromatic nitrogens is 1. The van der Waals surface area contributed by atoms with Crippen LogP contribution in [0.1, 0.15) is 50.5 Å². The van der Waals surface area contributed by atoms with Crippen molar-refractivity contribution in [2.75, 3.05) is 37.6 Å². The van der Waals surface area contributed by atoms with Crippen molar-refractivity contribution in [3.05, 3.63) is 36.0 Å². The van der Waals surface area contributed by atoms with E-state index in [1.165, 1.54) is 24.9 Å². The van der Waals surface area contributed by atoms with Crippen molar-refractivity contribution in [3.63, 3.8) is 0 Å². The monoisotopic (exact) mass is 390 g/mol. The van der Waals surface area contributed by atoms with Gasteiger partial charge in [0.15, 0.2) is 0 Å². The van der Waals surface area contributed by atoms with Crippen LogP contribution in [0.25, 0.3) is 10.9 Å². The molecule has 2 aliphatic heterocycles. The van der Waals surface area contributed by atoms with Gasteiger partial charge >= 0.3 is 0 Å². The number of nitrogens with zero attached hydrogens (tertiary/aromatic N) is 4. The molecule has 29 heavy (non-hydrogen) atoms. The summed E-state index contributed by atoms with van der Waals surface area (Å²) in [6.07, 6.45) is 9.54. The number of hydrogen-bond donors (Lipinski definition) is 0. The van der Waals surface area contributed by atoms with Crippen LogP contribution in [0.2, 0.25) is 0 Å². The standard InChI is InChI=1S/C24H30N4O/c25-17-20-7-9-23(22-5-4-12-26-24(20)22)28-15-10-19(11-16-28)6-8-21(29)18-27-13-2-1-3-14-27/h4-5,7,9,12,19H,1-3,6,8,10-11,13-16,18H2. The summed E-state index contributed by atoms with van der Waals surface area (Å²) in [7, 11) is 0. The van der Waals surface area contributed by atoms with Gasteiger partial charge in [-0.3, -0.25) is 14.7 Å². The summed E-state index contributed by atoms with van der Waals surface area (Å²) >= 11 is 0. The van der Waals surface area contributed by atoms with E-state index < -0.39 is 0 Å². The van der Waals surface area contributed by atoms with E-state index in [2.05, 4.69) is 33.0 Å². The molecule has 4 rings (SSSR count). The number of nitriles is 1. The van der Waals surface area contributed by atoms with Crippen LogP contribution in [0.3, 0.4) is 0 Å². The Morgan fingerprint density at radius 3 is 2.66 bits per heavy atom. The Morgan fingerprint density at radius 1 is 1.10 bits per heavy atom. The third kappa shape index (κ3) is 4.76. The van der Waals surface area contributed by atoms with Crippen LogP contribution in [0.5, 0.6) is 0 Å². The van der Waals surface area contributed by atoms with Crippen molar-refractivity contribution in [1.82, 2.24) is 9.88 Å². The summed E-state index contributed by atoms with van der Waals surface area (Å²) in [4.78, 5) is 21.5. The number of fused-ring (bicyclic) bond motifs is 1. The molecule has 0 atom stereocenters. The third-order valence-electron chi connectivity index (χ3n) is 6.50. The zero-order valence-electron chi connectivity index (χ0n) is 17.1. The number of hydrogen-bond acceptors (Lipinski definition) is 5. The first kappa shape index (κ1) is 19.8. The summed E-state index contributed by atoms with van der Waals surface area (Å²) in [6, 6.07) is 10.2. The number of benzene rings is 1. The topological polar surface area (TPSA) is 60.2 Å². The highest BCUT2D eigenvalue weighted by atomic mass is 16.1. The number of pyridine rings is 1. The molecule has 0 aliphatic carbocycles. The van der Waals surface area contributed by atoms with E-state index >= 15 is 0 Å². The van der Waals surface area contributed by atoms with Crippen LogP contribution in [-0.2, 0) is 4.79 Å². The number of anilines is 1. The number of ketones is 1. The van der Waals surface area contributed by atoms with Crippen LogP contribution in [0.4, 0.5) is 5.69 Å². The first-order valence-electron chi connectivity index (χ1n) is 11.0. The maximum Gasteiger partial charge on any atom is 0.146 e. The van der Waals surface area contributed by atoms with E-state index in [9.17, 15) is 10.1 Å². The van der Waals surface area contributed by atoms with Gasteiger partial charge in [0.25, 0.3) is 0 Å². The Labute approximate surface area is 173 Å². The fraction of sp³-hybridized carbons (Fsp3) is 0.542. The van der Waals surface area contributed by atoms with Crippen LogP contribution < -0.4 is 4.90 Å². The molecule has 1 aromatic heterocycles. The van der Waals surface area contributed by atoms with Crippen molar-refractivity contribution in [1.29, 1.82) is 5.26 Å². The van der Waals surface area contributed by atoms with Crippen LogP contribution in [-0.4, -0.2) is 48.4 Å². The molecule has 0 N–H and O–H groups in total. The lowest BCUT2D eigenvalue weighted by molar-refractivity contribution is -0.120. The van der Waals surface area contributed by atoms with Gasteiger partial charge in [0.2, 0.25) is 0 Å². The average molecular weight is 391 g/mol. The SMILES string of the molecule is N#Cc1ccc(N2CCC(CCC(=O)CN3CCCCC3)CC2)c2cccnc12. The second kappa shape index (κ2) is 9.37. The van der Waals surface area contributed by atoms with E-state index in [0.717, 1.165) is 62.8 Å². The number of Topliss-reactive ketones (excluding diaryl/α,β-unsaturated/α-hetero) is 1. The number of piperidine rings is 2. The molecule has 2 fully saturated rings. The molecular weight excluding hydrogens is 360 g/mol. The second-order valence-electron chi connectivity index (χ2n) is 8.49. The minimum Gasteiger partial charge on any atom is -0.371 e. The van der Waals surface area contributed by atoms with E-state index in [4.69, 9.17) is 0 Å². The smallest absolute Gasteiger partial charge is 0.146 e. The average Bonchev–Trinajstić information content (AvgIpc) is 2.78. The molecule has 0 radical (unpaired) electrons. The first-order valence-corrected chi connectivity index (χ1v) is 11.0. The highest BCUT2D eigenvalue weighted by Gasteiger charge is 2.22. The Bertz CT molecular complexity index is 889. The van der Waals surface area contributed by atoms with Gasteiger partial charge in [0.05, 0.1) is 17.6 Å². The molecule has 2 saturated heterocycles. The third-order valence-corrected chi connectivity index (χ3v) is 6.50. The van der Waals surface area contributed by atoms with Gasteiger partial charge < -0.3 is 4.90 Å².